The average molecular weight is 369 g/mol. The van der Waals surface area contributed by atoms with Crippen LogP contribution >= 0.6 is 27.5 Å². The van der Waals surface area contributed by atoms with Crippen LogP contribution in [0.15, 0.2) is 28.9 Å². The van der Waals surface area contributed by atoms with Gasteiger partial charge in [-0.1, -0.05) is 27.5 Å². The SMILES string of the molecule is CN(C)C1CCN(c2ccnc3c(Cl)cc(Br)cc23)CC1. The van der Waals surface area contributed by atoms with Gasteiger partial charge in [-0.3, -0.25) is 4.98 Å². The smallest absolute Gasteiger partial charge is 0.0909 e. The number of rotatable bonds is 2. The van der Waals surface area contributed by atoms with Crippen molar-refractivity contribution in [2.45, 2.75) is 18.9 Å². The summed E-state index contributed by atoms with van der Waals surface area (Å²) < 4.78 is 0.998. The first-order valence-corrected chi connectivity index (χ1v) is 8.38. The Labute approximate surface area is 139 Å². The number of pyridine rings is 1. The fraction of sp³-hybridized carbons (Fsp3) is 0.438. The summed E-state index contributed by atoms with van der Waals surface area (Å²) in [6.07, 6.45) is 4.24. The van der Waals surface area contributed by atoms with Crippen LogP contribution in [0.4, 0.5) is 5.69 Å². The van der Waals surface area contributed by atoms with Crippen LogP contribution in [0, 0.1) is 0 Å². The molecule has 112 valence electrons. The number of piperidine rings is 1. The van der Waals surface area contributed by atoms with E-state index in [1.54, 1.807) is 0 Å². The molecule has 0 N–H and O–H groups in total. The van der Waals surface area contributed by atoms with Gasteiger partial charge in [-0.25, -0.2) is 0 Å². The topological polar surface area (TPSA) is 19.4 Å². The molecule has 21 heavy (non-hydrogen) atoms. The third-order valence-electron chi connectivity index (χ3n) is 4.28. The Bertz CT molecular complexity index is 651. The molecule has 2 heterocycles. The van der Waals surface area contributed by atoms with Gasteiger partial charge in [-0.2, -0.15) is 0 Å². The number of benzene rings is 1. The number of anilines is 1. The number of fused-ring (bicyclic) bond motifs is 1. The van der Waals surface area contributed by atoms with Crippen LogP contribution in [-0.4, -0.2) is 43.1 Å². The van der Waals surface area contributed by atoms with Gasteiger partial charge in [0, 0.05) is 40.9 Å². The van der Waals surface area contributed by atoms with Crippen LogP contribution in [0.2, 0.25) is 5.02 Å². The third-order valence-corrected chi connectivity index (χ3v) is 5.02. The predicted molar refractivity (Wildman–Crippen MR) is 93.4 cm³/mol. The van der Waals surface area contributed by atoms with E-state index in [4.69, 9.17) is 11.6 Å². The Balaban J connectivity index is 1.95. The van der Waals surface area contributed by atoms with Gasteiger partial charge < -0.3 is 9.80 Å². The van der Waals surface area contributed by atoms with Gasteiger partial charge in [-0.15, -0.1) is 0 Å². The van der Waals surface area contributed by atoms with Crippen molar-refractivity contribution in [3.63, 3.8) is 0 Å². The number of aromatic nitrogens is 1. The van der Waals surface area contributed by atoms with Crippen molar-refractivity contribution in [3.05, 3.63) is 33.9 Å². The molecule has 1 aromatic carbocycles. The normalized spacial score (nSPS) is 16.9. The van der Waals surface area contributed by atoms with E-state index in [0.29, 0.717) is 11.1 Å². The molecule has 3 nitrogen and oxygen atoms in total. The summed E-state index contributed by atoms with van der Waals surface area (Å²) in [4.78, 5) is 9.21. The van der Waals surface area contributed by atoms with Crippen LogP contribution in [0.1, 0.15) is 12.8 Å². The van der Waals surface area contributed by atoms with Gasteiger partial charge in [-0.05, 0) is 45.1 Å². The molecule has 2 aromatic rings. The molecular formula is C16H19BrClN3. The highest BCUT2D eigenvalue weighted by Crippen LogP contribution is 2.34. The Morgan fingerprint density at radius 3 is 2.67 bits per heavy atom. The first kappa shape index (κ1) is 15.1. The van der Waals surface area contributed by atoms with E-state index >= 15 is 0 Å². The van der Waals surface area contributed by atoms with Gasteiger partial charge >= 0.3 is 0 Å². The van der Waals surface area contributed by atoms with Crippen molar-refractivity contribution in [1.29, 1.82) is 0 Å². The minimum Gasteiger partial charge on any atom is -0.371 e. The van der Waals surface area contributed by atoms with Crippen LogP contribution in [-0.2, 0) is 0 Å². The molecule has 3 rings (SSSR count). The van der Waals surface area contributed by atoms with Crippen LogP contribution in [0.5, 0.6) is 0 Å². The van der Waals surface area contributed by atoms with Crippen molar-refractivity contribution < 1.29 is 0 Å². The second-order valence-corrected chi connectivity index (χ2v) is 7.12. The summed E-state index contributed by atoms with van der Waals surface area (Å²) in [6.45, 7) is 2.15. The fourth-order valence-electron chi connectivity index (χ4n) is 3.06. The summed E-state index contributed by atoms with van der Waals surface area (Å²) >= 11 is 9.85. The standard InChI is InChI=1S/C16H19BrClN3/c1-20(2)12-4-7-21(8-5-12)15-3-6-19-16-13(15)9-11(17)10-14(16)18/h3,6,9-10,12H,4-5,7-8H2,1-2H3. The lowest BCUT2D eigenvalue weighted by Crippen LogP contribution is -2.42. The molecule has 1 saturated heterocycles. The van der Waals surface area contributed by atoms with E-state index < -0.39 is 0 Å². The van der Waals surface area contributed by atoms with Crippen molar-refractivity contribution >= 4 is 44.1 Å². The molecule has 1 aliphatic heterocycles. The van der Waals surface area contributed by atoms with Crippen molar-refractivity contribution in [2.24, 2.45) is 0 Å². The van der Waals surface area contributed by atoms with Gasteiger partial charge in [0.05, 0.1) is 10.5 Å². The minimum absolute atomic E-state index is 0.685. The highest BCUT2D eigenvalue weighted by molar-refractivity contribution is 9.10. The molecule has 0 saturated carbocycles. The number of nitrogens with zero attached hydrogens (tertiary/aromatic N) is 3. The second kappa shape index (κ2) is 6.11. The molecular weight excluding hydrogens is 350 g/mol. The number of hydrogen-bond donors (Lipinski definition) is 0. The highest BCUT2D eigenvalue weighted by atomic mass is 79.9. The van der Waals surface area contributed by atoms with E-state index in [0.717, 1.165) is 28.5 Å². The van der Waals surface area contributed by atoms with Gasteiger partial charge in [0.25, 0.3) is 0 Å². The molecule has 0 amide bonds. The molecule has 0 spiro atoms. The fourth-order valence-corrected chi connectivity index (χ4v) is 3.92. The lowest BCUT2D eigenvalue weighted by atomic mass is 10.0. The third kappa shape index (κ3) is 3.03. The molecule has 0 unspecified atom stereocenters. The second-order valence-electron chi connectivity index (χ2n) is 5.80. The number of halogens is 2. The Hall–Kier alpha value is -0.840. The lowest BCUT2D eigenvalue weighted by molar-refractivity contribution is 0.250. The summed E-state index contributed by atoms with van der Waals surface area (Å²) in [5.41, 5.74) is 2.12. The maximum absolute atomic E-state index is 6.32. The zero-order valence-electron chi connectivity index (χ0n) is 12.3. The lowest BCUT2D eigenvalue weighted by Gasteiger charge is -2.37. The van der Waals surface area contributed by atoms with E-state index in [2.05, 4.69) is 56.9 Å². The van der Waals surface area contributed by atoms with E-state index in [-0.39, 0.29) is 0 Å². The average Bonchev–Trinajstić information content (AvgIpc) is 2.46. The molecule has 1 aromatic heterocycles. The van der Waals surface area contributed by atoms with Gasteiger partial charge in [0.15, 0.2) is 0 Å². The molecule has 0 radical (unpaired) electrons. The Morgan fingerprint density at radius 1 is 1.29 bits per heavy atom. The summed E-state index contributed by atoms with van der Waals surface area (Å²) in [5, 5.41) is 1.82. The maximum atomic E-state index is 6.32. The summed E-state index contributed by atoms with van der Waals surface area (Å²) in [6, 6.07) is 6.80. The van der Waals surface area contributed by atoms with E-state index in [1.165, 1.54) is 18.5 Å². The Kier molecular flexibility index (Phi) is 4.38. The zero-order chi connectivity index (χ0) is 15.0. The monoisotopic (exact) mass is 367 g/mol. The van der Waals surface area contributed by atoms with E-state index in [1.807, 2.05) is 12.3 Å². The Morgan fingerprint density at radius 2 is 2.00 bits per heavy atom. The molecule has 0 atom stereocenters. The molecule has 5 heteroatoms. The zero-order valence-corrected chi connectivity index (χ0v) is 14.7. The number of hydrogen-bond acceptors (Lipinski definition) is 3. The highest BCUT2D eigenvalue weighted by Gasteiger charge is 2.22. The van der Waals surface area contributed by atoms with Crippen molar-refractivity contribution in [1.82, 2.24) is 9.88 Å². The van der Waals surface area contributed by atoms with Crippen LogP contribution < -0.4 is 4.90 Å². The first-order valence-electron chi connectivity index (χ1n) is 7.21. The van der Waals surface area contributed by atoms with Crippen molar-refractivity contribution in [3.8, 4) is 0 Å². The molecule has 1 fully saturated rings. The summed E-state index contributed by atoms with van der Waals surface area (Å²) in [5.74, 6) is 0. The predicted octanol–water partition coefficient (Wildman–Crippen LogP) is 4.18. The minimum atomic E-state index is 0.685. The largest absolute Gasteiger partial charge is 0.371 e. The molecule has 1 aliphatic rings. The van der Waals surface area contributed by atoms with E-state index in [9.17, 15) is 0 Å². The summed E-state index contributed by atoms with van der Waals surface area (Å²) in [7, 11) is 4.33. The molecule has 0 aliphatic carbocycles. The van der Waals surface area contributed by atoms with Crippen LogP contribution in [0.3, 0.4) is 0 Å². The maximum Gasteiger partial charge on any atom is 0.0909 e. The molecule has 0 bridgehead atoms. The first-order chi connectivity index (χ1) is 10.1. The quantitative estimate of drug-likeness (QED) is 0.792. The van der Waals surface area contributed by atoms with Crippen molar-refractivity contribution in [2.75, 3.05) is 32.1 Å². The van der Waals surface area contributed by atoms with Gasteiger partial charge in [0.1, 0.15) is 0 Å². The van der Waals surface area contributed by atoms with Crippen LogP contribution in [0.25, 0.3) is 10.9 Å². The van der Waals surface area contributed by atoms with Gasteiger partial charge in [0.2, 0.25) is 0 Å².